The van der Waals surface area contributed by atoms with E-state index in [1.165, 1.54) is 11.0 Å². The zero-order chi connectivity index (χ0) is 23.7. The first-order chi connectivity index (χ1) is 15.8. The van der Waals surface area contributed by atoms with Crippen molar-refractivity contribution in [1.82, 2.24) is 10.2 Å². The van der Waals surface area contributed by atoms with Gasteiger partial charge in [0.15, 0.2) is 5.75 Å². The molecule has 1 aliphatic heterocycles. The van der Waals surface area contributed by atoms with Crippen LogP contribution in [0, 0.1) is 12.8 Å². The van der Waals surface area contributed by atoms with E-state index in [1.807, 2.05) is 19.1 Å². The number of hydrogen-bond acceptors (Lipinski definition) is 8. The van der Waals surface area contributed by atoms with Gasteiger partial charge in [0, 0.05) is 27.3 Å². The van der Waals surface area contributed by atoms with Crippen LogP contribution in [0.3, 0.4) is 0 Å². The molecular formula is C24H29N3O6. The van der Waals surface area contributed by atoms with E-state index in [0.717, 1.165) is 18.6 Å². The lowest BCUT2D eigenvalue weighted by Crippen LogP contribution is -2.68. The molecule has 3 N–H and O–H groups in total. The minimum absolute atomic E-state index is 0.110. The fourth-order valence-corrected chi connectivity index (χ4v) is 4.39. The minimum Gasteiger partial charge on any atom is -0.505 e. The minimum atomic E-state index is -0.869. The van der Waals surface area contributed by atoms with Gasteiger partial charge in [-0.1, -0.05) is 6.07 Å². The van der Waals surface area contributed by atoms with Crippen molar-refractivity contribution in [1.29, 1.82) is 0 Å². The third kappa shape index (κ3) is 4.51. The van der Waals surface area contributed by atoms with Crippen LogP contribution in [0.2, 0.25) is 0 Å². The number of ether oxygens (including phenoxy) is 1. The molecule has 33 heavy (non-hydrogen) atoms. The standard InChI is InChI=1S/C24H29N3O6/c1-13-7-8-17(33-13)18(14-9-11-32-12-10-14)26-20-19(22(29)23(20)30)25-16-6-4-5-15(21(16)28)24(31)27(2)3/h4-8,14,18-20,25-26,28H,9-12H2,1-3H3. The Hall–Kier alpha value is -3.17. The number of carbonyl (C=O) groups excluding carboxylic acids is 3. The smallest absolute Gasteiger partial charge is 0.257 e. The van der Waals surface area contributed by atoms with Gasteiger partial charge in [0.2, 0.25) is 11.6 Å². The number of phenols is 1. The van der Waals surface area contributed by atoms with E-state index in [2.05, 4.69) is 10.6 Å². The molecule has 1 aliphatic carbocycles. The first-order valence-corrected chi connectivity index (χ1v) is 11.1. The lowest BCUT2D eigenvalue weighted by Gasteiger charge is -2.39. The topological polar surface area (TPSA) is 121 Å². The summed E-state index contributed by atoms with van der Waals surface area (Å²) in [6.45, 7) is 3.11. The first-order valence-electron chi connectivity index (χ1n) is 11.1. The predicted molar refractivity (Wildman–Crippen MR) is 120 cm³/mol. The highest BCUT2D eigenvalue weighted by atomic mass is 16.5. The van der Waals surface area contributed by atoms with E-state index in [4.69, 9.17) is 9.15 Å². The highest BCUT2D eigenvalue weighted by Crippen LogP contribution is 2.35. The van der Waals surface area contributed by atoms with Crippen molar-refractivity contribution >= 4 is 23.2 Å². The molecule has 4 rings (SSSR count). The number of hydrogen-bond donors (Lipinski definition) is 3. The average Bonchev–Trinajstić information content (AvgIpc) is 3.25. The number of ketones is 2. The fraction of sp³-hybridized carbons (Fsp3) is 0.458. The van der Waals surface area contributed by atoms with Crippen LogP contribution in [0.5, 0.6) is 5.75 Å². The van der Waals surface area contributed by atoms with Crippen molar-refractivity contribution in [2.75, 3.05) is 32.6 Å². The molecule has 3 unspecified atom stereocenters. The summed E-state index contributed by atoms with van der Waals surface area (Å²) >= 11 is 0. The molecule has 2 aliphatic rings. The van der Waals surface area contributed by atoms with Gasteiger partial charge in [-0.3, -0.25) is 19.7 Å². The fourth-order valence-electron chi connectivity index (χ4n) is 4.39. The van der Waals surface area contributed by atoms with Crippen LogP contribution >= 0.6 is 0 Å². The molecule has 9 heteroatoms. The Bertz CT molecular complexity index is 1060. The molecule has 0 bridgehead atoms. The Balaban J connectivity index is 1.56. The normalized spacial score (nSPS) is 22.0. The Morgan fingerprint density at radius 2 is 1.79 bits per heavy atom. The molecule has 1 aromatic carbocycles. The number of aryl methyl sites for hydroxylation is 1. The number of anilines is 1. The van der Waals surface area contributed by atoms with E-state index < -0.39 is 23.7 Å². The maximum atomic E-state index is 12.5. The molecule has 1 amide bonds. The van der Waals surface area contributed by atoms with Crippen molar-refractivity contribution in [2.45, 2.75) is 37.9 Å². The second-order valence-electron chi connectivity index (χ2n) is 8.77. The number of phenolic OH excluding ortho intramolecular Hbond substituents is 1. The van der Waals surface area contributed by atoms with E-state index in [0.29, 0.717) is 19.0 Å². The molecular weight excluding hydrogens is 426 g/mol. The molecule has 2 heterocycles. The number of nitrogens with one attached hydrogen (secondary N) is 2. The molecule has 2 aromatic rings. The predicted octanol–water partition coefficient (Wildman–Crippen LogP) is 2.05. The monoisotopic (exact) mass is 455 g/mol. The first kappa shape index (κ1) is 23.0. The quantitative estimate of drug-likeness (QED) is 0.429. The van der Waals surface area contributed by atoms with Crippen LogP contribution in [0.1, 0.15) is 40.8 Å². The second-order valence-corrected chi connectivity index (χ2v) is 8.77. The number of benzene rings is 1. The summed E-state index contributed by atoms with van der Waals surface area (Å²) < 4.78 is 11.3. The SMILES string of the molecule is Cc1ccc(C(NC2C(=O)C(=O)C2Nc2cccc(C(=O)N(C)C)c2O)C2CCOCC2)o1. The molecule has 176 valence electrons. The zero-order valence-electron chi connectivity index (χ0n) is 19.0. The number of nitrogens with zero attached hydrogens (tertiary/aromatic N) is 1. The van der Waals surface area contributed by atoms with Crippen LogP contribution in [0.4, 0.5) is 5.69 Å². The zero-order valence-corrected chi connectivity index (χ0v) is 19.0. The third-order valence-corrected chi connectivity index (χ3v) is 6.29. The molecule has 3 atom stereocenters. The number of furan rings is 1. The summed E-state index contributed by atoms with van der Waals surface area (Å²) in [6, 6.07) is 6.53. The number of aromatic hydroxyl groups is 1. The van der Waals surface area contributed by atoms with Crippen LogP contribution in [-0.2, 0) is 14.3 Å². The van der Waals surface area contributed by atoms with Gasteiger partial charge in [-0.2, -0.15) is 0 Å². The molecule has 0 spiro atoms. The summed E-state index contributed by atoms with van der Waals surface area (Å²) in [5.74, 6) is -0.0544. The van der Waals surface area contributed by atoms with Gasteiger partial charge in [-0.05, 0) is 49.9 Å². The number of rotatable bonds is 7. The van der Waals surface area contributed by atoms with E-state index in [1.54, 1.807) is 26.2 Å². The highest BCUT2D eigenvalue weighted by molar-refractivity contribution is 6.49. The van der Waals surface area contributed by atoms with Crippen molar-refractivity contribution < 1.29 is 28.6 Å². The summed E-state index contributed by atoms with van der Waals surface area (Å²) in [6.07, 6.45) is 1.61. The summed E-state index contributed by atoms with van der Waals surface area (Å²) in [5, 5.41) is 16.9. The Kier molecular flexibility index (Phi) is 6.53. The average molecular weight is 456 g/mol. The van der Waals surface area contributed by atoms with Gasteiger partial charge in [0.05, 0.1) is 17.3 Å². The van der Waals surface area contributed by atoms with Gasteiger partial charge < -0.3 is 24.5 Å². The van der Waals surface area contributed by atoms with Gasteiger partial charge in [0.1, 0.15) is 23.6 Å². The lowest BCUT2D eigenvalue weighted by atomic mass is 9.80. The lowest BCUT2D eigenvalue weighted by molar-refractivity contribution is -0.146. The summed E-state index contributed by atoms with van der Waals surface area (Å²) in [4.78, 5) is 38.7. The van der Waals surface area contributed by atoms with Crippen LogP contribution in [0.15, 0.2) is 34.7 Å². The molecule has 1 saturated carbocycles. The van der Waals surface area contributed by atoms with Crippen molar-refractivity contribution in [2.24, 2.45) is 5.92 Å². The van der Waals surface area contributed by atoms with Gasteiger partial charge in [0.25, 0.3) is 5.91 Å². The van der Waals surface area contributed by atoms with Gasteiger partial charge in [-0.15, -0.1) is 0 Å². The van der Waals surface area contributed by atoms with Crippen LogP contribution in [0.25, 0.3) is 0 Å². The molecule has 0 radical (unpaired) electrons. The third-order valence-electron chi connectivity index (χ3n) is 6.29. The van der Waals surface area contributed by atoms with Crippen LogP contribution < -0.4 is 10.6 Å². The van der Waals surface area contributed by atoms with E-state index >= 15 is 0 Å². The largest absolute Gasteiger partial charge is 0.505 e. The Labute approximate surface area is 192 Å². The number of para-hydroxylation sites is 1. The maximum Gasteiger partial charge on any atom is 0.257 e. The van der Waals surface area contributed by atoms with Crippen LogP contribution in [-0.4, -0.2) is 66.9 Å². The van der Waals surface area contributed by atoms with Crippen molar-refractivity contribution in [3.8, 4) is 5.75 Å². The second kappa shape index (κ2) is 9.36. The van der Waals surface area contributed by atoms with E-state index in [-0.39, 0.29) is 34.9 Å². The molecule has 1 aromatic heterocycles. The Morgan fingerprint density at radius 3 is 2.42 bits per heavy atom. The molecule has 2 fully saturated rings. The summed E-state index contributed by atoms with van der Waals surface area (Å²) in [5.41, 5.74) is 0.329. The highest BCUT2D eigenvalue weighted by Gasteiger charge is 2.51. The maximum absolute atomic E-state index is 12.5. The summed E-state index contributed by atoms with van der Waals surface area (Å²) in [7, 11) is 3.17. The van der Waals surface area contributed by atoms with Gasteiger partial charge >= 0.3 is 0 Å². The molecule has 1 saturated heterocycles. The Morgan fingerprint density at radius 1 is 1.09 bits per heavy atom. The van der Waals surface area contributed by atoms with Crippen molar-refractivity contribution in [3.05, 3.63) is 47.4 Å². The number of Topliss-reactive ketones (excluding diaryl/α,β-unsaturated/α-hetero) is 2. The number of amides is 1. The van der Waals surface area contributed by atoms with E-state index in [9.17, 15) is 19.5 Å². The molecule has 9 nitrogen and oxygen atoms in total. The van der Waals surface area contributed by atoms with Gasteiger partial charge in [-0.25, -0.2) is 0 Å². The number of carbonyl (C=O) groups is 3. The van der Waals surface area contributed by atoms with Crippen molar-refractivity contribution in [3.63, 3.8) is 0 Å².